The summed E-state index contributed by atoms with van der Waals surface area (Å²) in [4.78, 5) is 13.2. The fraction of sp³-hybridized carbons (Fsp3) is 0.417. The van der Waals surface area contributed by atoms with Crippen LogP contribution in [-0.4, -0.2) is 29.3 Å². The lowest BCUT2D eigenvalue weighted by Gasteiger charge is -2.34. The van der Waals surface area contributed by atoms with Gasteiger partial charge in [0.15, 0.2) is 0 Å². The molecule has 17 heavy (non-hydrogen) atoms. The summed E-state index contributed by atoms with van der Waals surface area (Å²) in [5.41, 5.74) is -1.22. The molecule has 0 saturated carbocycles. The Hall–Kier alpha value is -1.16. The maximum Gasteiger partial charge on any atom is 0.260 e. The molecule has 1 amide bonds. The average molecular weight is 262 g/mol. The fourth-order valence-electron chi connectivity index (χ4n) is 1.23. The van der Waals surface area contributed by atoms with Gasteiger partial charge in [0.25, 0.3) is 5.91 Å². The number of alkyl halides is 1. The van der Waals surface area contributed by atoms with E-state index in [2.05, 4.69) is 0 Å². The first-order chi connectivity index (χ1) is 7.81. The van der Waals surface area contributed by atoms with E-state index in [4.69, 9.17) is 11.6 Å². The lowest BCUT2D eigenvalue weighted by molar-refractivity contribution is 0.0650. The van der Waals surface area contributed by atoms with E-state index in [9.17, 15) is 13.6 Å². The van der Waals surface area contributed by atoms with E-state index in [-0.39, 0.29) is 5.88 Å². The number of carbonyl (C=O) groups excluding carboxylic acids is 1. The zero-order valence-electron chi connectivity index (χ0n) is 9.93. The molecule has 2 nitrogen and oxygen atoms in total. The number of hydrogen-bond donors (Lipinski definition) is 0. The van der Waals surface area contributed by atoms with Crippen LogP contribution >= 0.6 is 11.6 Å². The summed E-state index contributed by atoms with van der Waals surface area (Å²) in [6.45, 7) is 3.44. The highest BCUT2D eigenvalue weighted by atomic mass is 35.5. The molecule has 0 aliphatic rings. The van der Waals surface area contributed by atoms with Crippen molar-refractivity contribution in [2.24, 2.45) is 0 Å². The van der Waals surface area contributed by atoms with Crippen molar-refractivity contribution in [2.45, 2.75) is 19.4 Å². The van der Waals surface area contributed by atoms with Gasteiger partial charge in [-0.2, -0.15) is 0 Å². The Morgan fingerprint density at radius 3 is 2.24 bits per heavy atom. The van der Waals surface area contributed by atoms with E-state index in [1.54, 1.807) is 13.8 Å². The van der Waals surface area contributed by atoms with Crippen LogP contribution in [0.4, 0.5) is 8.78 Å². The SMILES string of the molecule is CN(C(=O)c1c(F)cccc1F)C(C)(C)CCl. The van der Waals surface area contributed by atoms with E-state index in [0.29, 0.717) is 0 Å². The minimum absolute atomic E-state index is 0.172. The molecule has 1 aromatic carbocycles. The molecule has 0 saturated heterocycles. The van der Waals surface area contributed by atoms with Gasteiger partial charge >= 0.3 is 0 Å². The predicted octanol–water partition coefficient (Wildman–Crippen LogP) is 3.05. The van der Waals surface area contributed by atoms with Gasteiger partial charge in [-0.1, -0.05) is 6.07 Å². The molecule has 0 aliphatic heterocycles. The highest BCUT2D eigenvalue weighted by Gasteiger charge is 2.30. The first-order valence-electron chi connectivity index (χ1n) is 5.09. The third kappa shape index (κ3) is 2.75. The number of amides is 1. The van der Waals surface area contributed by atoms with E-state index in [0.717, 1.165) is 12.1 Å². The second-order valence-electron chi connectivity index (χ2n) is 4.41. The number of hydrogen-bond acceptors (Lipinski definition) is 1. The summed E-state index contributed by atoms with van der Waals surface area (Å²) < 4.78 is 26.9. The molecule has 1 rings (SSSR count). The molecule has 1 aromatic rings. The van der Waals surface area contributed by atoms with Gasteiger partial charge in [-0.25, -0.2) is 8.78 Å². The Morgan fingerprint density at radius 1 is 1.35 bits per heavy atom. The van der Waals surface area contributed by atoms with E-state index < -0.39 is 28.6 Å². The van der Waals surface area contributed by atoms with Crippen molar-refractivity contribution in [3.8, 4) is 0 Å². The van der Waals surface area contributed by atoms with Gasteiger partial charge in [0, 0.05) is 12.9 Å². The third-order valence-electron chi connectivity index (χ3n) is 2.72. The lowest BCUT2D eigenvalue weighted by atomic mass is 10.0. The Kier molecular flexibility index (Phi) is 4.09. The summed E-state index contributed by atoms with van der Waals surface area (Å²) in [5, 5.41) is 0. The van der Waals surface area contributed by atoms with Crippen molar-refractivity contribution in [3.63, 3.8) is 0 Å². The van der Waals surface area contributed by atoms with Crippen molar-refractivity contribution in [3.05, 3.63) is 35.4 Å². The Balaban J connectivity index is 3.14. The molecule has 0 radical (unpaired) electrons. The molecule has 0 spiro atoms. The molecule has 5 heteroatoms. The van der Waals surface area contributed by atoms with E-state index in [1.807, 2.05) is 0 Å². The molecular formula is C12H14ClF2NO. The van der Waals surface area contributed by atoms with Crippen LogP contribution in [0.15, 0.2) is 18.2 Å². The molecule has 94 valence electrons. The molecule has 0 heterocycles. The molecule has 0 aromatic heterocycles. The van der Waals surface area contributed by atoms with Crippen LogP contribution in [0.3, 0.4) is 0 Å². The number of nitrogens with zero attached hydrogens (tertiary/aromatic N) is 1. The van der Waals surface area contributed by atoms with Crippen LogP contribution in [0.25, 0.3) is 0 Å². The van der Waals surface area contributed by atoms with Gasteiger partial charge < -0.3 is 4.90 Å². The quantitative estimate of drug-likeness (QED) is 0.766. The molecule has 0 fully saturated rings. The maximum absolute atomic E-state index is 13.4. The number of rotatable bonds is 3. The van der Waals surface area contributed by atoms with Crippen LogP contribution in [0.2, 0.25) is 0 Å². The highest BCUT2D eigenvalue weighted by Crippen LogP contribution is 2.20. The number of benzene rings is 1. The van der Waals surface area contributed by atoms with E-state index in [1.165, 1.54) is 18.0 Å². The highest BCUT2D eigenvalue weighted by molar-refractivity contribution is 6.18. The average Bonchev–Trinajstić information content (AvgIpc) is 2.27. The molecule has 0 aliphatic carbocycles. The second kappa shape index (κ2) is 5.00. The van der Waals surface area contributed by atoms with Crippen molar-refractivity contribution >= 4 is 17.5 Å². The van der Waals surface area contributed by atoms with Gasteiger partial charge in [-0.15, -0.1) is 11.6 Å². The monoisotopic (exact) mass is 261 g/mol. The summed E-state index contributed by atoms with van der Waals surface area (Å²) in [6.07, 6.45) is 0. The Labute approximate surface area is 104 Å². The summed E-state index contributed by atoms with van der Waals surface area (Å²) in [5.74, 6) is -2.28. The molecular weight excluding hydrogens is 248 g/mol. The van der Waals surface area contributed by atoms with Crippen LogP contribution in [0.1, 0.15) is 24.2 Å². The Bertz CT molecular complexity index is 414. The molecule has 0 N–H and O–H groups in total. The fourth-order valence-corrected chi connectivity index (χ4v) is 1.41. The molecule has 0 unspecified atom stereocenters. The minimum Gasteiger partial charge on any atom is -0.335 e. The van der Waals surface area contributed by atoms with Crippen LogP contribution in [-0.2, 0) is 0 Å². The second-order valence-corrected chi connectivity index (χ2v) is 4.67. The predicted molar refractivity (Wildman–Crippen MR) is 63.3 cm³/mol. The first kappa shape index (κ1) is 13.9. The molecule has 0 atom stereocenters. The summed E-state index contributed by atoms with van der Waals surface area (Å²) in [7, 11) is 1.47. The van der Waals surface area contributed by atoms with Crippen molar-refractivity contribution in [1.29, 1.82) is 0 Å². The van der Waals surface area contributed by atoms with Gasteiger partial charge in [0.1, 0.15) is 17.2 Å². The number of halogens is 3. The largest absolute Gasteiger partial charge is 0.335 e. The van der Waals surface area contributed by atoms with Crippen LogP contribution in [0.5, 0.6) is 0 Å². The lowest BCUT2D eigenvalue weighted by Crippen LogP contribution is -2.46. The zero-order valence-corrected chi connectivity index (χ0v) is 10.7. The zero-order chi connectivity index (χ0) is 13.2. The smallest absolute Gasteiger partial charge is 0.260 e. The van der Waals surface area contributed by atoms with Crippen molar-refractivity contribution < 1.29 is 13.6 Å². The maximum atomic E-state index is 13.4. The first-order valence-corrected chi connectivity index (χ1v) is 5.63. The van der Waals surface area contributed by atoms with Crippen LogP contribution < -0.4 is 0 Å². The summed E-state index contributed by atoms with van der Waals surface area (Å²) >= 11 is 5.72. The normalized spacial score (nSPS) is 11.4. The van der Waals surface area contributed by atoms with E-state index >= 15 is 0 Å². The van der Waals surface area contributed by atoms with Gasteiger partial charge in [-0.05, 0) is 26.0 Å². The Morgan fingerprint density at radius 2 is 1.82 bits per heavy atom. The van der Waals surface area contributed by atoms with Gasteiger partial charge in [-0.3, -0.25) is 4.79 Å². The molecule has 0 bridgehead atoms. The minimum atomic E-state index is -0.868. The standard InChI is InChI=1S/C12H14ClF2NO/c1-12(2,7-13)16(3)11(17)10-8(14)5-4-6-9(10)15/h4-6H,7H2,1-3H3. The third-order valence-corrected chi connectivity index (χ3v) is 3.37. The van der Waals surface area contributed by atoms with Crippen molar-refractivity contribution in [2.75, 3.05) is 12.9 Å². The topological polar surface area (TPSA) is 20.3 Å². The van der Waals surface area contributed by atoms with Crippen LogP contribution in [0, 0.1) is 11.6 Å². The van der Waals surface area contributed by atoms with Gasteiger partial charge in [0.05, 0.1) is 5.54 Å². The van der Waals surface area contributed by atoms with Crippen molar-refractivity contribution in [1.82, 2.24) is 4.90 Å². The summed E-state index contributed by atoms with van der Waals surface area (Å²) in [6, 6.07) is 3.32. The number of carbonyl (C=O) groups is 1. The van der Waals surface area contributed by atoms with Gasteiger partial charge in [0.2, 0.25) is 0 Å².